The lowest BCUT2D eigenvalue weighted by molar-refractivity contribution is -0.143. The van der Waals surface area contributed by atoms with Gasteiger partial charge in [0.15, 0.2) is 0 Å². The number of allylic oxidation sites excluding steroid dienone is 1. The van der Waals surface area contributed by atoms with E-state index in [0.29, 0.717) is 23.4 Å². The molecule has 1 heterocycles. The molecule has 1 amide bonds. The summed E-state index contributed by atoms with van der Waals surface area (Å²) in [7, 11) is 0. The van der Waals surface area contributed by atoms with Crippen molar-refractivity contribution in [1.29, 1.82) is 0 Å². The molecule has 4 saturated carbocycles. The van der Waals surface area contributed by atoms with E-state index in [1.807, 2.05) is 12.2 Å². The molecule has 6 heteroatoms. The molecule has 1 aromatic heterocycles. The molecular formula is C20H23N3O3. The molecule has 4 bridgehead atoms. The largest absolute Gasteiger partial charge is 0.478 e. The molecule has 5 aliphatic carbocycles. The molecule has 0 aliphatic heterocycles. The Bertz CT molecular complexity index is 831. The van der Waals surface area contributed by atoms with Crippen molar-refractivity contribution in [2.24, 2.45) is 28.9 Å². The number of nitrogens with one attached hydrogen (secondary N) is 1. The highest BCUT2D eigenvalue weighted by molar-refractivity contribution is 5.97. The van der Waals surface area contributed by atoms with Gasteiger partial charge >= 0.3 is 5.97 Å². The monoisotopic (exact) mass is 353 g/mol. The summed E-state index contributed by atoms with van der Waals surface area (Å²) in [6.07, 6.45) is 11.0. The van der Waals surface area contributed by atoms with Crippen LogP contribution in [0.2, 0.25) is 0 Å². The Morgan fingerprint density at radius 3 is 2.62 bits per heavy atom. The quantitative estimate of drug-likeness (QED) is 0.771. The topological polar surface area (TPSA) is 105 Å². The number of primary amides is 1. The number of aromatic nitrogens is 1. The lowest BCUT2D eigenvalue weighted by Gasteiger charge is -2.59. The van der Waals surface area contributed by atoms with Gasteiger partial charge in [-0.25, -0.2) is 4.79 Å². The highest BCUT2D eigenvalue weighted by atomic mass is 16.4. The maximum atomic E-state index is 12.1. The summed E-state index contributed by atoms with van der Waals surface area (Å²) in [6, 6.07) is 0.206. The number of nitrogens with two attached hydrogens (primary N) is 1. The number of carboxylic acids is 1. The first kappa shape index (κ1) is 15.9. The van der Waals surface area contributed by atoms with Crippen LogP contribution in [0.4, 0.5) is 5.69 Å². The number of pyridine rings is 1. The summed E-state index contributed by atoms with van der Waals surface area (Å²) >= 11 is 0. The molecule has 1 aromatic rings. The van der Waals surface area contributed by atoms with Crippen LogP contribution >= 0.6 is 0 Å². The third kappa shape index (κ3) is 2.14. The van der Waals surface area contributed by atoms with Crippen molar-refractivity contribution < 1.29 is 14.7 Å². The molecular weight excluding hydrogens is 330 g/mol. The van der Waals surface area contributed by atoms with Crippen molar-refractivity contribution in [2.45, 2.75) is 44.6 Å². The van der Waals surface area contributed by atoms with Gasteiger partial charge in [0.1, 0.15) is 5.56 Å². The van der Waals surface area contributed by atoms with Crippen LogP contribution in [0.5, 0.6) is 0 Å². The molecule has 4 fully saturated rings. The van der Waals surface area contributed by atoms with Crippen molar-refractivity contribution in [3.8, 4) is 0 Å². The molecule has 2 atom stereocenters. The van der Waals surface area contributed by atoms with Gasteiger partial charge in [-0.1, -0.05) is 12.2 Å². The number of aromatic carboxylic acids is 1. The van der Waals surface area contributed by atoms with Crippen molar-refractivity contribution in [3.63, 3.8) is 0 Å². The number of amides is 1. The van der Waals surface area contributed by atoms with E-state index in [4.69, 9.17) is 5.73 Å². The van der Waals surface area contributed by atoms with Gasteiger partial charge in [-0.2, -0.15) is 0 Å². The van der Waals surface area contributed by atoms with Crippen molar-refractivity contribution in [2.75, 3.05) is 5.32 Å². The standard InChI is InChI=1S/C20H23N3O3/c21-19(26)20-6-10-4-11(7-20)16(12(5-10)8-20)23-17-13-2-1-3-15(13)22-9-14(17)18(24)25/h1-2,9-12,16H,3-8H2,(H2,21,26)(H,22,23)(H,24,25). The van der Waals surface area contributed by atoms with Gasteiger partial charge in [-0.15, -0.1) is 0 Å². The van der Waals surface area contributed by atoms with Gasteiger partial charge in [0.25, 0.3) is 0 Å². The summed E-state index contributed by atoms with van der Waals surface area (Å²) in [6.45, 7) is 0. The van der Waals surface area contributed by atoms with Gasteiger partial charge in [0.05, 0.1) is 11.4 Å². The van der Waals surface area contributed by atoms with Crippen LogP contribution in [0.15, 0.2) is 12.3 Å². The highest BCUT2D eigenvalue weighted by Gasteiger charge is 2.58. The fraction of sp³-hybridized carbons (Fsp3) is 0.550. The second-order valence-electron chi connectivity index (χ2n) is 8.60. The number of fused-ring (bicyclic) bond motifs is 1. The van der Waals surface area contributed by atoms with Gasteiger partial charge < -0.3 is 16.2 Å². The predicted molar refractivity (Wildman–Crippen MR) is 96.5 cm³/mol. The number of nitrogens with zero attached hydrogens (tertiary/aromatic N) is 1. The third-order valence-electron chi connectivity index (χ3n) is 7.13. The Morgan fingerprint density at radius 1 is 1.23 bits per heavy atom. The van der Waals surface area contributed by atoms with E-state index in [1.165, 1.54) is 6.20 Å². The average molecular weight is 353 g/mol. The number of anilines is 1. The summed E-state index contributed by atoms with van der Waals surface area (Å²) in [5.74, 6) is 0.240. The van der Waals surface area contributed by atoms with E-state index < -0.39 is 5.97 Å². The van der Waals surface area contributed by atoms with Crippen LogP contribution in [0, 0.1) is 23.2 Å². The summed E-state index contributed by atoms with van der Waals surface area (Å²) in [5, 5.41) is 13.2. The SMILES string of the molecule is NC(=O)C12CC3CC(C1)C(Nc1c(C(=O)O)cnc4c1C=CC4)C(C3)C2. The zero-order valence-electron chi connectivity index (χ0n) is 14.6. The van der Waals surface area contributed by atoms with E-state index in [-0.39, 0.29) is 22.9 Å². The number of carboxylic acid groups (broad SMARTS) is 1. The molecule has 0 radical (unpaired) electrons. The molecule has 0 spiro atoms. The number of hydrogen-bond acceptors (Lipinski definition) is 4. The summed E-state index contributed by atoms with van der Waals surface area (Å²) < 4.78 is 0. The first-order chi connectivity index (χ1) is 12.5. The molecule has 5 aliphatic rings. The second-order valence-corrected chi connectivity index (χ2v) is 8.60. The van der Waals surface area contributed by atoms with E-state index in [9.17, 15) is 14.7 Å². The van der Waals surface area contributed by atoms with Crippen molar-refractivity contribution in [3.05, 3.63) is 29.1 Å². The lowest BCUT2D eigenvalue weighted by Crippen LogP contribution is -2.59. The van der Waals surface area contributed by atoms with E-state index in [2.05, 4.69) is 10.3 Å². The van der Waals surface area contributed by atoms with Crippen molar-refractivity contribution >= 4 is 23.6 Å². The van der Waals surface area contributed by atoms with Crippen LogP contribution in [0.3, 0.4) is 0 Å². The number of carbonyl (C=O) groups excluding carboxylic acids is 1. The smallest absolute Gasteiger partial charge is 0.339 e. The molecule has 4 N–H and O–H groups in total. The Kier molecular flexibility index (Phi) is 3.24. The van der Waals surface area contributed by atoms with E-state index in [1.54, 1.807) is 0 Å². The Balaban J connectivity index is 1.50. The predicted octanol–water partition coefficient (Wildman–Crippen LogP) is 2.44. The molecule has 26 heavy (non-hydrogen) atoms. The van der Waals surface area contributed by atoms with Crippen LogP contribution in [-0.4, -0.2) is 28.0 Å². The van der Waals surface area contributed by atoms with Crippen LogP contribution in [0.25, 0.3) is 6.08 Å². The fourth-order valence-corrected chi connectivity index (χ4v) is 6.24. The van der Waals surface area contributed by atoms with E-state index in [0.717, 1.165) is 49.8 Å². The van der Waals surface area contributed by atoms with Gasteiger partial charge in [-0.3, -0.25) is 9.78 Å². The first-order valence-corrected chi connectivity index (χ1v) is 9.45. The number of rotatable bonds is 4. The summed E-state index contributed by atoms with van der Waals surface area (Å²) in [5.41, 5.74) is 8.20. The molecule has 0 saturated heterocycles. The van der Waals surface area contributed by atoms with Crippen molar-refractivity contribution in [1.82, 2.24) is 4.98 Å². The second kappa shape index (κ2) is 5.32. The minimum Gasteiger partial charge on any atom is -0.478 e. The normalized spacial score (nSPS) is 36.2. The molecule has 136 valence electrons. The highest BCUT2D eigenvalue weighted by Crippen LogP contribution is 2.60. The maximum Gasteiger partial charge on any atom is 0.339 e. The van der Waals surface area contributed by atoms with Gasteiger partial charge in [0.2, 0.25) is 5.91 Å². The number of carbonyl (C=O) groups is 2. The van der Waals surface area contributed by atoms with Crippen LogP contribution < -0.4 is 11.1 Å². The van der Waals surface area contributed by atoms with Crippen LogP contribution in [0.1, 0.15) is 53.7 Å². The Hall–Kier alpha value is -2.37. The van der Waals surface area contributed by atoms with E-state index >= 15 is 0 Å². The Morgan fingerprint density at radius 2 is 1.96 bits per heavy atom. The zero-order valence-corrected chi connectivity index (χ0v) is 14.6. The minimum atomic E-state index is -0.958. The fourth-order valence-electron chi connectivity index (χ4n) is 6.24. The molecule has 0 aromatic carbocycles. The summed E-state index contributed by atoms with van der Waals surface area (Å²) in [4.78, 5) is 28.2. The number of hydrogen-bond donors (Lipinski definition) is 3. The van der Waals surface area contributed by atoms with Gasteiger partial charge in [-0.05, 0) is 49.9 Å². The average Bonchev–Trinajstić information content (AvgIpc) is 3.06. The van der Waals surface area contributed by atoms with Gasteiger partial charge in [0, 0.05) is 29.6 Å². The molecule has 2 unspecified atom stereocenters. The van der Waals surface area contributed by atoms with Crippen LogP contribution in [-0.2, 0) is 11.2 Å². The lowest BCUT2D eigenvalue weighted by atomic mass is 9.47. The molecule has 6 nitrogen and oxygen atoms in total. The first-order valence-electron chi connectivity index (χ1n) is 9.45. The third-order valence-corrected chi connectivity index (χ3v) is 7.13. The molecule has 6 rings (SSSR count). The minimum absolute atomic E-state index is 0.144. The zero-order chi connectivity index (χ0) is 18.1. The maximum absolute atomic E-state index is 12.1. The Labute approximate surface area is 151 Å².